The number of hydrogen-bond donors (Lipinski definition) is 1. The molecule has 0 aliphatic carbocycles. The van der Waals surface area contributed by atoms with Crippen LogP contribution in [0.1, 0.15) is 52.1 Å². The van der Waals surface area contributed by atoms with Crippen molar-refractivity contribution in [1.29, 1.82) is 0 Å². The Morgan fingerprint density at radius 1 is 1.12 bits per heavy atom. The smallest absolute Gasteiger partial charge is 0.120 e. The molecule has 0 amide bonds. The van der Waals surface area contributed by atoms with E-state index in [0.29, 0.717) is 5.92 Å². The number of hydrogen-bond acceptors (Lipinski definition) is 2. The molecule has 0 spiro atoms. The summed E-state index contributed by atoms with van der Waals surface area (Å²) in [4.78, 5) is 0. The van der Waals surface area contributed by atoms with E-state index < -0.39 is 0 Å². The van der Waals surface area contributed by atoms with Crippen molar-refractivity contribution in [3.05, 3.63) is 29.8 Å². The Morgan fingerprint density at radius 3 is 2.41 bits per heavy atom. The number of ether oxygens (including phenoxy) is 1. The molecule has 0 heterocycles. The van der Waals surface area contributed by atoms with Gasteiger partial charge in [0.2, 0.25) is 0 Å². The van der Waals surface area contributed by atoms with E-state index in [-0.39, 0.29) is 12.1 Å². The molecule has 17 heavy (non-hydrogen) atoms. The van der Waals surface area contributed by atoms with Gasteiger partial charge in [0.05, 0.1) is 6.10 Å². The highest BCUT2D eigenvalue weighted by Crippen LogP contribution is 2.23. The van der Waals surface area contributed by atoms with Gasteiger partial charge in [0.1, 0.15) is 5.75 Å². The second-order valence-corrected chi connectivity index (χ2v) is 5.32. The van der Waals surface area contributed by atoms with Crippen molar-refractivity contribution >= 4 is 0 Å². The maximum atomic E-state index is 6.19. The summed E-state index contributed by atoms with van der Waals surface area (Å²) in [6, 6.07) is 8.26. The second-order valence-electron chi connectivity index (χ2n) is 5.32. The van der Waals surface area contributed by atoms with E-state index in [9.17, 15) is 0 Å². The summed E-state index contributed by atoms with van der Waals surface area (Å²) in [7, 11) is 0. The SMILES string of the molecule is CC(C)CCC(N)c1cccc(OC(C)C)c1. The maximum Gasteiger partial charge on any atom is 0.120 e. The minimum absolute atomic E-state index is 0.119. The summed E-state index contributed by atoms with van der Waals surface area (Å²) in [6.45, 7) is 8.52. The molecule has 0 radical (unpaired) electrons. The fourth-order valence-electron chi connectivity index (χ4n) is 1.77. The first-order chi connectivity index (χ1) is 7.99. The standard InChI is InChI=1S/C15H25NO/c1-11(2)8-9-15(16)13-6-5-7-14(10-13)17-12(3)4/h5-7,10-12,15H,8-9,16H2,1-4H3. The van der Waals surface area contributed by atoms with Crippen molar-refractivity contribution in [1.82, 2.24) is 0 Å². The van der Waals surface area contributed by atoms with Gasteiger partial charge in [-0.1, -0.05) is 26.0 Å². The van der Waals surface area contributed by atoms with Crippen LogP contribution in [0.2, 0.25) is 0 Å². The minimum atomic E-state index is 0.119. The van der Waals surface area contributed by atoms with Crippen molar-refractivity contribution in [2.45, 2.75) is 52.7 Å². The van der Waals surface area contributed by atoms with Gasteiger partial charge in [0, 0.05) is 6.04 Å². The average Bonchev–Trinajstić information content (AvgIpc) is 2.25. The van der Waals surface area contributed by atoms with Gasteiger partial charge in [-0.2, -0.15) is 0 Å². The molecule has 1 rings (SSSR count). The lowest BCUT2D eigenvalue weighted by Gasteiger charge is -2.16. The molecule has 1 aromatic carbocycles. The van der Waals surface area contributed by atoms with Crippen LogP contribution < -0.4 is 10.5 Å². The van der Waals surface area contributed by atoms with Crippen LogP contribution in [0.15, 0.2) is 24.3 Å². The number of rotatable bonds is 6. The number of benzene rings is 1. The molecular weight excluding hydrogens is 210 g/mol. The van der Waals surface area contributed by atoms with Gasteiger partial charge in [0.25, 0.3) is 0 Å². The summed E-state index contributed by atoms with van der Waals surface area (Å²) in [5.41, 5.74) is 7.36. The zero-order valence-corrected chi connectivity index (χ0v) is 11.4. The minimum Gasteiger partial charge on any atom is -0.491 e. The zero-order chi connectivity index (χ0) is 12.8. The third-order valence-corrected chi connectivity index (χ3v) is 2.71. The highest BCUT2D eigenvalue weighted by Gasteiger charge is 2.08. The first kappa shape index (κ1) is 14.0. The summed E-state index contributed by atoms with van der Waals surface area (Å²) < 4.78 is 5.68. The van der Waals surface area contributed by atoms with E-state index in [1.807, 2.05) is 26.0 Å². The van der Waals surface area contributed by atoms with Gasteiger partial charge in [-0.15, -0.1) is 0 Å². The lowest BCUT2D eigenvalue weighted by Crippen LogP contribution is -2.12. The number of nitrogens with two attached hydrogens (primary N) is 1. The Hall–Kier alpha value is -1.02. The highest BCUT2D eigenvalue weighted by atomic mass is 16.5. The van der Waals surface area contributed by atoms with Gasteiger partial charge in [-0.3, -0.25) is 0 Å². The Labute approximate surface area is 105 Å². The van der Waals surface area contributed by atoms with Crippen LogP contribution in [-0.2, 0) is 0 Å². The van der Waals surface area contributed by atoms with Crippen LogP contribution in [0.25, 0.3) is 0 Å². The first-order valence-corrected chi connectivity index (χ1v) is 6.51. The van der Waals surface area contributed by atoms with Crippen LogP contribution in [0.5, 0.6) is 5.75 Å². The molecule has 1 aromatic rings. The molecule has 96 valence electrons. The normalized spacial score (nSPS) is 13.1. The molecule has 2 N–H and O–H groups in total. The highest BCUT2D eigenvalue weighted by molar-refractivity contribution is 5.30. The third kappa shape index (κ3) is 5.22. The van der Waals surface area contributed by atoms with Gasteiger partial charge >= 0.3 is 0 Å². The van der Waals surface area contributed by atoms with Crippen LogP contribution in [-0.4, -0.2) is 6.10 Å². The summed E-state index contributed by atoms with van der Waals surface area (Å²) >= 11 is 0. The summed E-state index contributed by atoms with van der Waals surface area (Å²) in [5, 5.41) is 0. The molecule has 0 fully saturated rings. The van der Waals surface area contributed by atoms with E-state index in [1.165, 1.54) is 5.56 Å². The van der Waals surface area contributed by atoms with Gasteiger partial charge in [0.15, 0.2) is 0 Å². The largest absolute Gasteiger partial charge is 0.491 e. The van der Waals surface area contributed by atoms with E-state index in [4.69, 9.17) is 10.5 Å². The van der Waals surface area contributed by atoms with E-state index in [0.717, 1.165) is 18.6 Å². The molecule has 0 aromatic heterocycles. The topological polar surface area (TPSA) is 35.2 Å². The van der Waals surface area contributed by atoms with Crippen LogP contribution in [0.4, 0.5) is 0 Å². The molecule has 0 bridgehead atoms. The Bertz CT molecular complexity index is 333. The Morgan fingerprint density at radius 2 is 1.82 bits per heavy atom. The molecule has 0 aliphatic heterocycles. The average molecular weight is 235 g/mol. The van der Waals surface area contributed by atoms with E-state index in [1.54, 1.807) is 0 Å². The van der Waals surface area contributed by atoms with Crippen molar-refractivity contribution in [2.24, 2.45) is 11.7 Å². The molecule has 2 heteroatoms. The van der Waals surface area contributed by atoms with Crippen LogP contribution >= 0.6 is 0 Å². The predicted octanol–water partition coefficient (Wildman–Crippen LogP) is 3.91. The van der Waals surface area contributed by atoms with Crippen LogP contribution in [0, 0.1) is 5.92 Å². The maximum absolute atomic E-state index is 6.19. The first-order valence-electron chi connectivity index (χ1n) is 6.51. The van der Waals surface area contributed by atoms with Gasteiger partial charge < -0.3 is 10.5 Å². The fraction of sp³-hybridized carbons (Fsp3) is 0.600. The van der Waals surface area contributed by atoms with Gasteiger partial charge in [-0.25, -0.2) is 0 Å². The van der Waals surface area contributed by atoms with Crippen LogP contribution in [0.3, 0.4) is 0 Å². The second kappa shape index (κ2) is 6.65. The molecule has 0 saturated heterocycles. The fourth-order valence-corrected chi connectivity index (χ4v) is 1.77. The summed E-state index contributed by atoms with van der Waals surface area (Å²) in [5.74, 6) is 1.62. The lowest BCUT2D eigenvalue weighted by atomic mass is 9.98. The lowest BCUT2D eigenvalue weighted by molar-refractivity contribution is 0.242. The molecule has 0 aliphatic rings. The van der Waals surface area contributed by atoms with Crippen molar-refractivity contribution in [3.63, 3.8) is 0 Å². The summed E-state index contributed by atoms with van der Waals surface area (Å²) in [6.07, 6.45) is 2.40. The van der Waals surface area contributed by atoms with Crippen molar-refractivity contribution < 1.29 is 4.74 Å². The van der Waals surface area contributed by atoms with Crippen molar-refractivity contribution in [3.8, 4) is 5.75 Å². The third-order valence-electron chi connectivity index (χ3n) is 2.71. The Kier molecular flexibility index (Phi) is 5.49. The molecule has 1 atom stereocenters. The Balaban J connectivity index is 2.63. The molecular formula is C15H25NO. The quantitative estimate of drug-likeness (QED) is 0.811. The molecule has 2 nitrogen and oxygen atoms in total. The monoisotopic (exact) mass is 235 g/mol. The van der Waals surface area contributed by atoms with E-state index >= 15 is 0 Å². The van der Waals surface area contributed by atoms with Crippen molar-refractivity contribution in [2.75, 3.05) is 0 Å². The predicted molar refractivity (Wildman–Crippen MR) is 73.2 cm³/mol. The van der Waals surface area contributed by atoms with Gasteiger partial charge in [-0.05, 0) is 50.3 Å². The molecule has 1 unspecified atom stereocenters. The van der Waals surface area contributed by atoms with E-state index in [2.05, 4.69) is 26.0 Å². The molecule has 0 saturated carbocycles. The zero-order valence-electron chi connectivity index (χ0n) is 11.4.